The van der Waals surface area contributed by atoms with Crippen LogP contribution in [0.2, 0.25) is 5.02 Å². The highest BCUT2D eigenvalue weighted by atomic mass is 35.5. The van der Waals surface area contributed by atoms with Crippen LogP contribution in [0.4, 0.5) is 18.9 Å². The number of nitrogens with one attached hydrogen (secondary N) is 1. The van der Waals surface area contributed by atoms with Gasteiger partial charge in [-0.2, -0.15) is 13.2 Å². The predicted molar refractivity (Wildman–Crippen MR) is 75.3 cm³/mol. The van der Waals surface area contributed by atoms with Crippen LogP contribution in [0, 0.1) is 5.92 Å². The Labute approximate surface area is 126 Å². The van der Waals surface area contributed by atoms with E-state index in [1.807, 2.05) is 7.05 Å². The second-order valence-electron chi connectivity index (χ2n) is 5.36. The van der Waals surface area contributed by atoms with Crippen LogP contribution in [0.3, 0.4) is 0 Å². The van der Waals surface area contributed by atoms with Gasteiger partial charge >= 0.3 is 6.18 Å². The molecule has 21 heavy (non-hydrogen) atoms. The van der Waals surface area contributed by atoms with Crippen LogP contribution < -0.4 is 5.32 Å². The zero-order chi connectivity index (χ0) is 15.6. The van der Waals surface area contributed by atoms with E-state index in [-0.39, 0.29) is 23.0 Å². The van der Waals surface area contributed by atoms with E-state index in [0.717, 1.165) is 25.6 Å². The maximum Gasteiger partial charge on any atom is 0.418 e. The highest BCUT2D eigenvalue weighted by molar-refractivity contribution is 6.30. The fourth-order valence-electron chi connectivity index (χ4n) is 2.52. The topological polar surface area (TPSA) is 32.3 Å². The monoisotopic (exact) mass is 320 g/mol. The van der Waals surface area contributed by atoms with Crippen molar-refractivity contribution in [3.8, 4) is 0 Å². The molecule has 3 nitrogen and oxygen atoms in total. The first-order valence-corrected chi connectivity index (χ1v) is 6.98. The summed E-state index contributed by atoms with van der Waals surface area (Å²) >= 11 is 5.59. The van der Waals surface area contributed by atoms with Gasteiger partial charge in [-0.1, -0.05) is 11.6 Å². The number of carbonyl (C=O) groups is 1. The third-order valence-corrected chi connectivity index (χ3v) is 3.76. The summed E-state index contributed by atoms with van der Waals surface area (Å²) in [6.07, 6.45) is -3.44. The largest absolute Gasteiger partial charge is 0.418 e. The summed E-state index contributed by atoms with van der Waals surface area (Å²) in [5, 5.41) is 2.33. The van der Waals surface area contributed by atoms with Crippen molar-refractivity contribution in [1.82, 2.24) is 4.90 Å². The zero-order valence-electron chi connectivity index (χ0n) is 11.5. The number of likely N-dealkylation sites (tertiary alicyclic amines) is 1. The maximum atomic E-state index is 12.9. The lowest BCUT2D eigenvalue weighted by Gasteiger charge is -2.15. The number of rotatable bonds is 3. The van der Waals surface area contributed by atoms with E-state index in [1.165, 1.54) is 12.1 Å². The van der Waals surface area contributed by atoms with Crippen LogP contribution in [-0.4, -0.2) is 30.9 Å². The van der Waals surface area contributed by atoms with Crippen LogP contribution in [0.25, 0.3) is 0 Å². The second-order valence-corrected chi connectivity index (χ2v) is 5.79. The number of nitrogens with zero attached hydrogens (tertiary/aromatic N) is 1. The molecule has 7 heteroatoms. The van der Waals surface area contributed by atoms with Gasteiger partial charge in [-0.15, -0.1) is 0 Å². The lowest BCUT2D eigenvalue weighted by atomic mass is 10.0. The quantitative estimate of drug-likeness (QED) is 0.922. The molecule has 0 aromatic heterocycles. The lowest BCUT2D eigenvalue weighted by Crippen LogP contribution is -2.21. The van der Waals surface area contributed by atoms with Crippen molar-refractivity contribution in [1.29, 1.82) is 0 Å². The van der Waals surface area contributed by atoms with E-state index in [1.54, 1.807) is 0 Å². The summed E-state index contributed by atoms with van der Waals surface area (Å²) in [7, 11) is 1.96. The predicted octanol–water partition coefficient (Wildman–Crippen LogP) is 3.64. The molecular weight excluding hydrogens is 305 g/mol. The van der Waals surface area contributed by atoms with Gasteiger partial charge in [-0.05, 0) is 44.1 Å². The molecule has 1 aromatic rings. The molecule has 1 amide bonds. The Hall–Kier alpha value is -1.27. The molecule has 0 radical (unpaired) electrons. The zero-order valence-corrected chi connectivity index (χ0v) is 12.3. The van der Waals surface area contributed by atoms with Gasteiger partial charge in [0.25, 0.3) is 0 Å². The van der Waals surface area contributed by atoms with Crippen molar-refractivity contribution < 1.29 is 18.0 Å². The van der Waals surface area contributed by atoms with Crippen LogP contribution in [0.15, 0.2) is 18.2 Å². The Balaban J connectivity index is 2.07. The molecule has 1 aromatic carbocycles. The van der Waals surface area contributed by atoms with E-state index in [0.29, 0.717) is 0 Å². The number of benzene rings is 1. The molecule has 0 spiro atoms. The Morgan fingerprint density at radius 2 is 2.19 bits per heavy atom. The van der Waals surface area contributed by atoms with Gasteiger partial charge in [0.1, 0.15) is 0 Å². The van der Waals surface area contributed by atoms with Gasteiger partial charge in [0, 0.05) is 18.0 Å². The molecule has 116 valence electrons. The van der Waals surface area contributed by atoms with Crippen LogP contribution in [-0.2, 0) is 11.0 Å². The summed E-state index contributed by atoms with van der Waals surface area (Å²) in [4.78, 5) is 14.0. The number of carbonyl (C=O) groups excluding carboxylic acids is 1. The first-order chi connectivity index (χ1) is 9.75. The number of halogens is 4. The molecule has 0 bridgehead atoms. The van der Waals surface area contributed by atoms with E-state index in [4.69, 9.17) is 11.6 Å². The van der Waals surface area contributed by atoms with Gasteiger partial charge in [-0.25, -0.2) is 0 Å². The molecule has 1 heterocycles. The minimum atomic E-state index is -4.55. The number of hydrogen-bond acceptors (Lipinski definition) is 2. The first-order valence-electron chi connectivity index (χ1n) is 6.61. The number of alkyl halides is 3. The van der Waals surface area contributed by atoms with E-state index >= 15 is 0 Å². The first kappa shape index (κ1) is 16.1. The normalized spacial score (nSPS) is 19.8. The van der Waals surface area contributed by atoms with Gasteiger partial charge in [0.2, 0.25) is 5.91 Å². The Morgan fingerprint density at radius 3 is 2.76 bits per heavy atom. The maximum absolute atomic E-state index is 12.9. The molecule has 1 fully saturated rings. The average Bonchev–Trinajstić information content (AvgIpc) is 2.75. The van der Waals surface area contributed by atoms with Crippen LogP contribution >= 0.6 is 11.6 Å². The Bertz CT molecular complexity index is 533. The average molecular weight is 321 g/mol. The molecule has 2 rings (SSSR count). The van der Waals surface area contributed by atoms with E-state index in [9.17, 15) is 18.0 Å². The van der Waals surface area contributed by atoms with Crippen LogP contribution in [0.5, 0.6) is 0 Å². The van der Waals surface area contributed by atoms with Crippen molar-refractivity contribution in [3.63, 3.8) is 0 Å². The molecule has 1 aliphatic rings. The number of amides is 1. The summed E-state index contributed by atoms with van der Waals surface area (Å²) in [6, 6.07) is 3.33. The van der Waals surface area contributed by atoms with E-state index in [2.05, 4.69) is 10.2 Å². The fraction of sp³-hybridized carbons (Fsp3) is 0.500. The number of anilines is 1. The van der Waals surface area contributed by atoms with Gasteiger partial charge in [0.15, 0.2) is 0 Å². The van der Waals surface area contributed by atoms with Crippen molar-refractivity contribution >= 4 is 23.2 Å². The molecule has 1 N–H and O–H groups in total. The summed E-state index contributed by atoms with van der Waals surface area (Å²) in [5.74, 6) is -0.209. The molecule has 1 unspecified atom stereocenters. The van der Waals surface area contributed by atoms with E-state index < -0.39 is 17.6 Å². The van der Waals surface area contributed by atoms with Gasteiger partial charge in [-0.3, -0.25) is 4.79 Å². The van der Waals surface area contributed by atoms with Gasteiger partial charge in [0.05, 0.1) is 11.3 Å². The van der Waals surface area contributed by atoms with Crippen molar-refractivity contribution in [2.45, 2.75) is 19.0 Å². The Morgan fingerprint density at radius 1 is 1.48 bits per heavy atom. The fourth-order valence-corrected chi connectivity index (χ4v) is 2.69. The minimum Gasteiger partial charge on any atom is -0.325 e. The standard InChI is InChI=1S/C14H16ClF3N2O/c1-20-5-4-9(8-20)6-13(21)19-12-3-2-10(15)7-11(12)14(16,17)18/h2-3,7,9H,4-6,8H2,1H3,(H,19,21). The molecule has 1 atom stereocenters. The second kappa shape index (κ2) is 6.23. The molecular formula is C14H16ClF3N2O. The lowest BCUT2D eigenvalue weighted by molar-refractivity contribution is -0.137. The molecule has 1 saturated heterocycles. The van der Waals surface area contributed by atoms with Crippen LogP contribution in [0.1, 0.15) is 18.4 Å². The minimum absolute atomic E-state index is 0.0160. The smallest absolute Gasteiger partial charge is 0.325 e. The molecule has 0 saturated carbocycles. The molecule has 1 aliphatic heterocycles. The molecule has 0 aliphatic carbocycles. The third-order valence-electron chi connectivity index (χ3n) is 3.52. The van der Waals surface area contributed by atoms with Crippen molar-refractivity contribution in [3.05, 3.63) is 28.8 Å². The third kappa shape index (κ3) is 4.35. The number of hydrogen-bond donors (Lipinski definition) is 1. The highest BCUT2D eigenvalue weighted by Crippen LogP contribution is 2.36. The van der Waals surface area contributed by atoms with Crippen molar-refractivity contribution in [2.75, 3.05) is 25.5 Å². The summed E-state index contributed by atoms with van der Waals surface area (Å²) in [5.41, 5.74) is -1.17. The van der Waals surface area contributed by atoms with Gasteiger partial charge < -0.3 is 10.2 Å². The Kier molecular flexibility index (Phi) is 4.78. The SMILES string of the molecule is CN1CCC(CC(=O)Nc2ccc(Cl)cc2C(F)(F)F)C1. The summed E-state index contributed by atoms with van der Waals surface area (Å²) in [6.45, 7) is 1.70. The highest BCUT2D eigenvalue weighted by Gasteiger charge is 2.34. The summed E-state index contributed by atoms with van der Waals surface area (Å²) < 4.78 is 38.8. The van der Waals surface area contributed by atoms with Crippen molar-refractivity contribution in [2.24, 2.45) is 5.92 Å².